The summed E-state index contributed by atoms with van der Waals surface area (Å²) in [5.74, 6) is -1.07. The molecule has 2 aromatic heterocycles. The van der Waals surface area contributed by atoms with Crippen molar-refractivity contribution in [2.24, 2.45) is 0 Å². The fourth-order valence-corrected chi connectivity index (χ4v) is 8.20. The largest absolute Gasteiger partial charge is 0.461 e. The quantitative estimate of drug-likeness (QED) is 0.257. The molecule has 45 heavy (non-hydrogen) atoms. The Bertz CT molecular complexity index is 1860. The molecule has 3 fully saturated rings. The van der Waals surface area contributed by atoms with E-state index in [1.165, 1.54) is 18.2 Å². The third-order valence-electron chi connectivity index (χ3n) is 9.39. The number of amides is 1. The monoisotopic (exact) mass is 657 g/mol. The number of carbonyl (C=O) groups is 1. The van der Waals surface area contributed by atoms with Gasteiger partial charge in [-0.2, -0.15) is 9.97 Å². The van der Waals surface area contributed by atoms with Crippen molar-refractivity contribution in [1.29, 1.82) is 0 Å². The number of likely N-dealkylation sites (tertiary alicyclic amines) is 1. The lowest BCUT2D eigenvalue weighted by Gasteiger charge is -2.31. The highest BCUT2D eigenvalue weighted by Crippen LogP contribution is 2.44. The molecular weight excluding hydrogens is 627 g/mol. The number of carbonyl (C=O) groups excluding carboxylic acids is 1. The lowest BCUT2D eigenvalue weighted by atomic mass is 9.95. The van der Waals surface area contributed by atoms with E-state index in [2.05, 4.69) is 21.4 Å². The number of fused-ring (bicyclic) bond motifs is 3. The molecule has 0 spiro atoms. The molecule has 5 heterocycles. The second-order valence-corrected chi connectivity index (χ2v) is 13.4. The predicted octanol–water partition coefficient (Wildman–Crippen LogP) is 5.60. The fourth-order valence-electron chi connectivity index (χ4n) is 7.14. The number of rotatable bonds is 7. The number of ether oxygens (including phenoxy) is 1. The van der Waals surface area contributed by atoms with Crippen LogP contribution in [0.3, 0.4) is 0 Å². The molecule has 0 radical (unpaired) electrons. The average molecular weight is 658 g/mol. The summed E-state index contributed by atoms with van der Waals surface area (Å²) in [7, 11) is 1.82. The lowest BCUT2D eigenvalue weighted by molar-refractivity contribution is -0.125. The van der Waals surface area contributed by atoms with Gasteiger partial charge in [0.1, 0.15) is 29.9 Å². The van der Waals surface area contributed by atoms with Gasteiger partial charge < -0.3 is 20.3 Å². The molecule has 2 N–H and O–H groups in total. The number of benzene rings is 2. The van der Waals surface area contributed by atoms with Crippen LogP contribution in [0, 0.1) is 11.6 Å². The SMILES string of the molecule is C=CC(=O)N1CC[C@@H](N(C)c2nc(OC[C@@]34CCCN3C[C@H](F)C4)nc3c(F)c(-c4ccc(F)c5sc(N)nc45)c(Cl)cc23)C1. The van der Waals surface area contributed by atoms with Gasteiger partial charge in [0.25, 0.3) is 0 Å². The van der Waals surface area contributed by atoms with Gasteiger partial charge in [0.15, 0.2) is 10.9 Å². The molecule has 3 saturated heterocycles. The lowest BCUT2D eigenvalue weighted by Crippen LogP contribution is -2.43. The number of alkyl halides is 1. The summed E-state index contributed by atoms with van der Waals surface area (Å²) in [4.78, 5) is 31.5. The first kappa shape index (κ1) is 30.0. The summed E-state index contributed by atoms with van der Waals surface area (Å²) in [5.41, 5.74) is 5.84. The van der Waals surface area contributed by atoms with Crippen LogP contribution < -0.4 is 15.4 Å². The maximum atomic E-state index is 16.8. The molecular formula is C31H31ClF3N7O2S. The number of nitrogens with zero attached hydrogens (tertiary/aromatic N) is 6. The number of aromatic nitrogens is 3. The zero-order chi connectivity index (χ0) is 31.6. The third-order valence-corrected chi connectivity index (χ3v) is 10.6. The van der Waals surface area contributed by atoms with Gasteiger partial charge >= 0.3 is 6.01 Å². The first-order chi connectivity index (χ1) is 21.6. The molecule has 4 aromatic rings. The zero-order valence-electron chi connectivity index (χ0n) is 24.5. The Balaban J connectivity index is 1.34. The van der Waals surface area contributed by atoms with Crippen LogP contribution in [0.2, 0.25) is 5.02 Å². The van der Waals surface area contributed by atoms with Gasteiger partial charge in [-0.15, -0.1) is 0 Å². The summed E-state index contributed by atoms with van der Waals surface area (Å²) in [6.45, 7) is 5.86. The molecule has 2 aromatic carbocycles. The van der Waals surface area contributed by atoms with E-state index < -0.39 is 23.3 Å². The van der Waals surface area contributed by atoms with E-state index in [9.17, 15) is 13.6 Å². The van der Waals surface area contributed by atoms with Crippen molar-refractivity contribution in [3.63, 3.8) is 0 Å². The van der Waals surface area contributed by atoms with Crippen molar-refractivity contribution in [1.82, 2.24) is 24.8 Å². The highest BCUT2D eigenvalue weighted by Gasteiger charge is 2.49. The van der Waals surface area contributed by atoms with Crippen molar-refractivity contribution in [2.45, 2.75) is 43.4 Å². The maximum Gasteiger partial charge on any atom is 0.319 e. The number of nitrogens with two attached hydrogens (primary N) is 1. The topological polar surface area (TPSA) is 101 Å². The Morgan fingerprint density at radius 3 is 2.89 bits per heavy atom. The summed E-state index contributed by atoms with van der Waals surface area (Å²) < 4.78 is 52.2. The standard InChI is InChI=1S/C31H31ClF3N7O2S/c1-3-22(43)41-10-7-17(14-41)40(2)28-19-11-20(32)23(18-5-6-21(34)27-26(18)37-29(36)45-27)24(35)25(19)38-30(39-28)44-15-31-8-4-9-42(31)13-16(33)12-31/h3,5-6,11,16-17H,1,4,7-10,12-15H2,2H3,(H2,36,37)/t16-,17-,31+/m1/s1. The van der Waals surface area contributed by atoms with E-state index in [0.717, 1.165) is 30.7 Å². The smallest absolute Gasteiger partial charge is 0.319 e. The predicted molar refractivity (Wildman–Crippen MR) is 170 cm³/mol. The summed E-state index contributed by atoms with van der Waals surface area (Å²) >= 11 is 7.74. The van der Waals surface area contributed by atoms with Crippen LogP contribution in [0.4, 0.5) is 24.1 Å². The van der Waals surface area contributed by atoms with E-state index in [1.807, 2.05) is 11.9 Å². The first-order valence-corrected chi connectivity index (χ1v) is 16.0. The molecule has 3 atom stereocenters. The van der Waals surface area contributed by atoms with Crippen LogP contribution in [0.5, 0.6) is 6.01 Å². The number of likely N-dealkylation sites (N-methyl/N-ethyl adjacent to an activating group) is 1. The minimum atomic E-state index is -0.939. The third kappa shape index (κ3) is 5.05. The number of anilines is 2. The Hall–Kier alpha value is -3.68. The van der Waals surface area contributed by atoms with E-state index in [4.69, 9.17) is 27.1 Å². The van der Waals surface area contributed by atoms with Gasteiger partial charge in [0.05, 0.1) is 20.8 Å². The van der Waals surface area contributed by atoms with Crippen LogP contribution in [-0.4, -0.2) is 88.2 Å². The van der Waals surface area contributed by atoms with Crippen LogP contribution in [0.1, 0.15) is 25.7 Å². The number of thiazole rings is 1. The van der Waals surface area contributed by atoms with Gasteiger partial charge in [0.2, 0.25) is 5.91 Å². The Morgan fingerprint density at radius 2 is 2.09 bits per heavy atom. The number of hydrogen-bond acceptors (Lipinski definition) is 9. The van der Waals surface area contributed by atoms with E-state index in [-0.39, 0.29) is 61.6 Å². The van der Waals surface area contributed by atoms with Gasteiger partial charge in [-0.05, 0) is 50.1 Å². The summed E-state index contributed by atoms with van der Waals surface area (Å²) in [6, 6.07) is 4.04. The maximum absolute atomic E-state index is 16.8. The molecule has 7 rings (SSSR count). The van der Waals surface area contributed by atoms with Gasteiger partial charge in [-0.3, -0.25) is 9.69 Å². The van der Waals surface area contributed by atoms with Crippen molar-refractivity contribution in [3.8, 4) is 17.1 Å². The van der Waals surface area contributed by atoms with E-state index in [0.29, 0.717) is 43.7 Å². The van der Waals surface area contributed by atoms with Gasteiger partial charge in [-0.25, -0.2) is 18.2 Å². The molecule has 0 bridgehead atoms. The van der Waals surface area contributed by atoms with E-state index >= 15 is 4.39 Å². The minimum absolute atomic E-state index is 0.00188. The molecule has 236 valence electrons. The van der Waals surface area contributed by atoms with Gasteiger partial charge in [0, 0.05) is 55.7 Å². The van der Waals surface area contributed by atoms with Crippen LogP contribution in [0.25, 0.3) is 32.2 Å². The molecule has 0 saturated carbocycles. The molecule has 3 aliphatic rings. The van der Waals surface area contributed by atoms with Crippen molar-refractivity contribution < 1.29 is 22.7 Å². The Morgan fingerprint density at radius 1 is 1.27 bits per heavy atom. The zero-order valence-corrected chi connectivity index (χ0v) is 26.1. The fraction of sp³-hybridized carbons (Fsp3) is 0.419. The van der Waals surface area contributed by atoms with Crippen molar-refractivity contribution in [2.75, 3.05) is 50.5 Å². The number of nitrogen functional groups attached to an aromatic ring is 1. The normalized spacial score (nSPS) is 23.3. The number of halogens is 4. The molecule has 3 aliphatic heterocycles. The highest BCUT2D eigenvalue weighted by atomic mass is 35.5. The number of hydrogen-bond donors (Lipinski definition) is 1. The van der Waals surface area contributed by atoms with E-state index in [1.54, 1.807) is 11.0 Å². The second kappa shape index (κ2) is 11.3. The van der Waals surface area contributed by atoms with Crippen molar-refractivity contribution in [3.05, 3.63) is 47.5 Å². The summed E-state index contributed by atoms with van der Waals surface area (Å²) in [6.07, 6.45) is 3.08. The first-order valence-electron chi connectivity index (χ1n) is 14.8. The summed E-state index contributed by atoms with van der Waals surface area (Å²) in [5, 5.41) is 0.534. The van der Waals surface area contributed by atoms with Gasteiger partial charge in [-0.1, -0.05) is 29.5 Å². The second-order valence-electron chi connectivity index (χ2n) is 12.0. The Kier molecular flexibility index (Phi) is 7.52. The average Bonchev–Trinajstić information content (AvgIpc) is 3.80. The highest BCUT2D eigenvalue weighted by molar-refractivity contribution is 7.22. The van der Waals surface area contributed by atoms with Crippen LogP contribution >= 0.6 is 22.9 Å². The van der Waals surface area contributed by atoms with Crippen LogP contribution in [0.15, 0.2) is 30.9 Å². The molecule has 0 aliphatic carbocycles. The van der Waals surface area contributed by atoms with Crippen molar-refractivity contribution >= 4 is 60.9 Å². The molecule has 14 heteroatoms. The van der Waals surface area contributed by atoms with Crippen LogP contribution in [-0.2, 0) is 4.79 Å². The minimum Gasteiger partial charge on any atom is -0.461 e. The Labute approximate surface area is 266 Å². The molecule has 9 nitrogen and oxygen atoms in total. The molecule has 0 unspecified atom stereocenters. The molecule has 1 amide bonds.